The van der Waals surface area contributed by atoms with E-state index in [-0.39, 0.29) is 5.56 Å². The molecule has 0 radical (unpaired) electrons. The first-order chi connectivity index (χ1) is 9.67. The summed E-state index contributed by atoms with van der Waals surface area (Å²) < 4.78 is 0. The van der Waals surface area contributed by atoms with Crippen molar-refractivity contribution in [1.82, 2.24) is 15.0 Å². The van der Waals surface area contributed by atoms with Crippen LogP contribution in [0.5, 0.6) is 0 Å². The van der Waals surface area contributed by atoms with Crippen molar-refractivity contribution in [2.45, 2.75) is 11.6 Å². The normalized spacial score (nSPS) is 11.1. The largest absolute Gasteiger partial charge is 0.399 e. The Morgan fingerprint density at radius 3 is 2.75 bits per heavy atom. The van der Waals surface area contributed by atoms with E-state index in [9.17, 15) is 4.79 Å². The van der Waals surface area contributed by atoms with E-state index in [1.165, 1.54) is 11.8 Å². The van der Waals surface area contributed by atoms with Crippen LogP contribution in [0.3, 0.4) is 0 Å². The third kappa shape index (κ3) is 2.30. The number of H-pyrrole nitrogens is 2. The molecule has 3 rings (SSSR count). The van der Waals surface area contributed by atoms with Crippen LogP contribution in [0.4, 0.5) is 5.69 Å². The molecular weight excluding hydrogens is 272 g/mol. The van der Waals surface area contributed by atoms with Gasteiger partial charge in [0.25, 0.3) is 5.56 Å². The highest BCUT2D eigenvalue weighted by atomic mass is 32.2. The number of nitrogen functional groups attached to an aromatic ring is 1. The van der Waals surface area contributed by atoms with Gasteiger partial charge in [-0.1, -0.05) is 23.9 Å². The standard InChI is InChI=1S/C14H14N4OS/c1-20-14-17-11-9(7-16-12(11)13(19)18-14)6-8-2-4-10(15)5-3-8/h2-5,7,16H,6,15H2,1H3,(H,17,18,19). The van der Waals surface area contributed by atoms with Gasteiger partial charge in [-0.3, -0.25) is 9.78 Å². The lowest BCUT2D eigenvalue weighted by atomic mass is 10.1. The van der Waals surface area contributed by atoms with Gasteiger partial charge < -0.3 is 10.7 Å². The summed E-state index contributed by atoms with van der Waals surface area (Å²) in [6, 6.07) is 7.71. The molecule has 2 aromatic heterocycles. The minimum atomic E-state index is -0.136. The Kier molecular flexibility index (Phi) is 3.23. The van der Waals surface area contributed by atoms with E-state index in [0.717, 1.165) is 22.3 Å². The summed E-state index contributed by atoms with van der Waals surface area (Å²) in [5.41, 5.74) is 9.68. The molecule has 20 heavy (non-hydrogen) atoms. The average Bonchev–Trinajstić information content (AvgIpc) is 2.85. The fraction of sp³-hybridized carbons (Fsp3) is 0.143. The van der Waals surface area contributed by atoms with Crippen molar-refractivity contribution in [3.63, 3.8) is 0 Å². The zero-order chi connectivity index (χ0) is 14.1. The van der Waals surface area contributed by atoms with E-state index < -0.39 is 0 Å². The number of aromatic nitrogens is 3. The second-order valence-corrected chi connectivity index (χ2v) is 5.33. The minimum Gasteiger partial charge on any atom is -0.399 e. The molecule has 0 aliphatic heterocycles. The van der Waals surface area contributed by atoms with E-state index in [1.807, 2.05) is 36.7 Å². The molecule has 0 aliphatic carbocycles. The van der Waals surface area contributed by atoms with E-state index in [0.29, 0.717) is 17.1 Å². The molecule has 1 aromatic carbocycles. The van der Waals surface area contributed by atoms with Crippen LogP contribution in [-0.4, -0.2) is 21.2 Å². The van der Waals surface area contributed by atoms with Crippen LogP contribution in [-0.2, 0) is 6.42 Å². The molecule has 4 N–H and O–H groups in total. The number of nitrogens with one attached hydrogen (secondary N) is 2. The monoisotopic (exact) mass is 286 g/mol. The van der Waals surface area contributed by atoms with Crippen molar-refractivity contribution in [1.29, 1.82) is 0 Å². The molecule has 0 unspecified atom stereocenters. The number of hydrogen-bond donors (Lipinski definition) is 3. The van der Waals surface area contributed by atoms with Crippen LogP contribution in [0.1, 0.15) is 11.1 Å². The molecule has 0 spiro atoms. The second kappa shape index (κ2) is 5.05. The van der Waals surface area contributed by atoms with E-state index in [2.05, 4.69) is 15.0 Å². The van der Waals surface area contributed by atoms with Crippen molar-refractivity contribution < 1.29 is 0 Å². The van der Waals surface area contributed by atoms with Crippen LogP contribution in [0.2, 0.25) is 0 Å². The summed E-state index contributed by atoms with van der Waals surface area (Å²) in [6.07, 6.45) is 4.44. The van der Waals surface area contributed by atoms with Crippen molar-refractivity contribution >= 4 is 28.5 Å². The van der Waals surface area contributed by atoms with Gasteiger partial charge in [0, 0.05) is 23.9 Å². The zero-order valence-corrected chi connectivity index (χ0v) is 11.8. The van der Waals surface area contributed by atoms with Gasteiger partial charge in [0.05, 0.1) is 0 Å². The van der Waals surface area contributed by atoms with Gasteiger partial charge in [0.1, 0.15) is 11.0 Å². The van der Waals surface area contributed by atoms with Gasteiger partial charge in [-0.05, 0) is 24.0 Å². The summed E-state index contributed by atoms with van der Waals surface area (Å²) in [7, 11) is 0. The maximum Gasteiger partial charge on any atom is 0.275 e. The van der Waals surface area contributed by atoms with Gasteiger partial charge in [-0.2, -0.15) is 0 Å². The molecule has 102 valence electrons. The highest BCUT2D eigenvalue weighted by Gasteiger charge is 2.10. The predicted molar refractivity (Wildman–Crippen MR) is 82.2 cm³/mol. The lowest BCUT2D eigenvalue weighted by Gasteiger charge is -2.01. The molecule has 0 saturated heterocycles. The van der Waals surface area contributed by atoms with Crippen molar-refractivity contribution in [3.8, 4) is 0 Å². The highest BCUT2D eigenvalue weighted by Crippen LogP contribution is 2.19. The molecule has 0 bridgehead atoms. The van der Waals surface area contributed by atoms with Crippen LogP contribution in [0.25, 0.3) is 11.0 Å². The Hall–Kier alpha value is -2.21. The molecule has 0 atom stereocenters. The summed E-state index contributed by atoms with van der Waals surface area (Å²) in [4.78, 5) is 22.1. The van der Waals surface area contributed by atoms with Crippen LogP contribution >= 0.6 is 11.8 Å². The molecule has 5 nitrogen and oxygen atoms in total. The number of hydrogen-bond acceptors (Lipinski definition) is 4. The number of nitrogens with two attached hydrogens (primary N) is 1. The van der Waals surface area contributed by atoms with E-state index in [1.54, 1.807) is 0 Å². The number of fused-ring (bicyclic) bond motifs is 1. The third-order valence-corrected chi connectivity index (χ3v) is 3.74. The van der Waals surface area contributed by atoms with Gasteiger partial charge in [0.2, 0.25) is 0 Å². The molecule has 2 heterocycles. The molecule has 6 heteroatoms. The molecule has 0 amide bonds. The van der Waals surface area contributed by atoms with Gasteiger partial charge in [-0.25, -0.2) is 4.98 Å². The maximum absolute atomic E-state index is 11.9. The van der Waals surface area contributed by atoms with Crippen LogP contribution in [0, 0.1) is 0 Å². The van der Waals surface area contributed by atoms with E-state index >= 15 is 0 Å². The fourth-order valence-electron chi connectivity index (χ4n) is 2.13. The number of anilines is 1. The summed E-state index contributed by atoms with van der Waals surface area (Å²) in [6.45, 7) is 0. The Labute approximate surface area is 119 Å². The highest BCUT2D eigenvalue weighted by molar-refractivity contribution is 7.98. The molecular formula is C14H14N4OS. The first-order valence-corrected chi connectivity index (χ1v) is 7.38. The molecule has 3 aromatic rings. The summed E-state index contributed by atoms with van der Waals surface area (Å²) >= 11 is 1.42. The number of benzene rings is 1. The number of rotatable bonds is 3. The summed E-state index contributed by atoms with van der Waals surface area (Å²) in [5, 5.41) is 0.626. The molecule has 0 saturated carbocycles. The van der Waals surface area contributed by atoms with Crippen LogP contribution in [0.15, 0.2) is 40.4 Å². The first-order valence-electron chi connectivity index (χ1n) is 6.16. The van der Waals surface area contributed by atoms with Crippen molar-refractivity contribution in [2.24, 2.45) is 0 Å². The number of aromatic amines is 2. The number of nitrogens with zero attached hydrogens (tertiary/aromatic N) is 1. The maximum atomic E-state index is 11.9. The SMILES string of the molecule is CSc1nc2c(Cc3ccc(N)cc3)c[nH]c2c(=O)[nH]1. The quantitative estimate of drug-likeness (QED) is 0.391. The number of thioether (sulfide) groups is 1. The summed E-state index contributed by atoms with van der Waals surface area (Å²) in [5.74, 6) is 0. The Bertz CT molecular complexity index is 804. The van der Waals surface area contributed by atoms with Gasteiger partial charge in [-0.15, -0.1) is 0 Å². The van der Waals surface area contributed by atoms with Gasteiger partial charge in [0.15, 0.2) is 5.16 Å². The molecule has 0 fully saturated rings. The zero-order valence-electron chi connectivity index (χ0n) is 10.9. The molecule has 0 aliphatic rings. The smallest absolute Gasteiger partial charge is 0.275 e. The lowest BCUT2D eigenvalue weighted by Crippen LogP contribution is -2.08. The Morgan fingerprint density at radius 2 is 2.05 bits per heavy atom. The average molecular weight is 286 g/mol. The second-order valence-electron chi connectivity index (χ2n) is 4.53. The van der Waals surface area contributed by atoms with Crippen molar-refractivity contribution in [3.05, 3.63) is 51.9 Å². The van der Waals surface area contributed by atoms with Crippen LogP contribution < -0.4 is 11.3 Å². The third-order valence-electron chi connectivity index (χ3n) is 3.16. The fourth-order valence-corrected chi connectivity index (χ4v) is 2.51. The Balaban J connectivity index is 2.05. The predicted octanol–water partition coefficient (Wildman–Crippen LogP) is 2.15. The first kappa shape index (κ1) is 12.8. The topological polar surface area (TPSA) is 87.6 Å². The van der Waals surface area contributed by atoms with Gasteiger partial charge >= 0.3 is 0 Å². The Morgan fingerprint density at radius 1 is 1.30 bits per heavy atom. The van der Waals surface area contributed by atoms with Crippen molar-refractivity contribution in [2.75, 3.05) is 12.0 Å². The van der Waals surface area contributed by atoms with E-state index in [4.69, 9.17) is 5.73 Å². The lowest BCUT2D eigenvalue weighted by molar-refractivity contribution is 0.972. The minimum absolute atomic E-state index is 0.136.